The molecule has 0 fully saturated rings. The van der Waals surface area contributed by atoms with E-state index < -0.39 is 0 Å². The van der Waals surface area contributed by atoms with Crippen LogP contribution in [0.2, 0.25) is 0 Å². The van der Waals surface area contributed by atoms with Crippen LogP contribution in [-0.2, 0) is 6.42 Å². The van der Waals surface area contributed by atoms with Crippen molar-refractivity contribution in [1.29, 1.82) is 0 Å². The molecule has 2 rings (SSSR count). The van der Waals surface area contributed by atoms with Gasteiger partial charge >= 0.3 is 0 Å². The van der Waals surface area contributed by atoms with Crippen molar-refractivity contribution in [2.75, 3.05) is 5.33 Å². The number of halogens is 1. The zero-order valence-corrected chi connectivity index (χ0v) is 9.83. The van der Waals surface area contributed by atoms with Gasteiger partial charge in [-0.15, -0.1) is 0 Å². The van der Waals surface area contributed by atoms with Gasteiger partial charge in [0.2, 0.25) is 0 Å². The van der Waals surface area contributed by atoms with Crippen LogP contribution < -0.4 is 0 Å². The summed E-state index contributed by atoms with van der Waals surface area (Å²) in [6, 6.07) is 8.70. The molecule has 14 heavy (non-hydrogen) atoms. The fraction of sp³-hybridized carbons (Fsp3) is 0.385. The standard InChI is InChI=1S/C13H15Br/c14-9-3-4-11-7-8-12-5-1-2-6-13(12)10-11/h1-2,5-8,11H,3-4,9-10H2. The van der Waals surface area contributed by atoms with Gasteiger partial charge in [0.1, 0.15) is 0 Å². The third-order valence-electron chi connectivity index (χ3n) is 2.79. The van der Waals surface area contributed by atoms with Crippen molar-refractivity contribution in [3.05, 3.63) is 41.5 Å². The molecule has 0 saturated heterocycles. The Labute approximate surface area is 94.2 Å². The molecule has 1 atom stereocenters. The first-order valence-corrected chi connectivity index (χ1v) is 6.34. The highest BCUT2D eigenvalue weighted by atomic mass is 79.9. The second-order valence-electron chi connectivity index (χ2n) is 3.85. The molecule has 0 saturated carbocycles. The van der Waals surface area contributed by atoms with Crippen LogP contribution in [0, 0.1) is 5.92 Å². The number of alkyl halides is 1. The summed E-state index contributed by atoms with van der Waals surface area (Å²) in [5.41, 5.74) is 2.91. The molecule has 1 aliphatic rings. The summed E-state index contributed by atoms with van der Waals surface area (Å²) >= 11 is 3.48. The van der Waals surface area contributed by atoms with E-state index in [2.05, 4.69) is 52.3 Å². The molecule has 1 aromatic carbocycles. The molecule has 0 spiro atoms. The molecule has 0 amide bonds. The first-order valence-electron chi connectivity index (χ1n) is 5.22. The molecule has 0 bridgehead atoms. The monoisotopic (exact) mass is 250 g/mol. The van der Waals surface area contributed by atoms with Crippen molar-refractivity contribution in [3.63, 3.8) is 0 Å². The average molecular weight is 251 g/mol. The third kappa shape index (κ3) is 2.27. The molecule has 1 heteroatoms. The number of rotatable bonds is 3. The van der Waals surface area contributed by atoms with Gasteiger partial charge < -0.3 is 0 Å². The van der Waals surface area contributed by atoms with Crippen LogP contribution in [0.25, 0.3) is 6.08 Å². The maximum Gasteiger partial charge on any atom is 0.00315 e. The fourth-order valence-electron chi connectivity index (χ4n) is 2.01. The summed E-state index contributed by atoms with van der Waals surface area (Å²) < 4.78 is 0. The Morgan fingerprint density at radius 1 is 1.29 bits per heavy atom. The van der Waals surface area contributed by atoms with Crippen LogP contribution in [-0.4, -0.2) is 5.33 Å². The fourth-order valence-corrected chi connectivity index (χ4v) is 2.33. The SMILES string of the molecule is BrCCCC1C=Cc2ccccc2C1. The van der Waals surface area contributed by atoms with E-state index in [1.54, 1.807) is 0 Å². The van der Waals surface area contributed by atoms with Crippen LogP contribution in [0.1, 0.15) is 24.0 Å². The molecule has 0 heterocycles. The van der Waals surface area contributed by atoms with E-state index in [0.717, 1.165) is 11.2 Å². The summed E-state index contributed by atoms with van der Waals surface area (Å²) in [6.07, 6.45) is 8.44. The van der Waals surface area contributed by atoms with E-state index >= 15 is 0 Å². The largest absolute Gasteiger partial charge is 0.0928 e. The van der Waals surface area contributed by atoms with Crippen molar-refractivity contribution in [2.24, 2.45) is 5.92 Å². The Kier molecular flexibility index (Phi) is 3.41. The summed E-state index contributed by atoms with van der Waals surface area (Å²) in [5, 5.41) is 1.12. The first-order chi connectivity index (χ1) is 6.90. The number of fused-ring (bicyclic) bond motifs is 1. The van der Waals surface area contributed by atoms with Gasteiger partial charge in [-0.1, -0.05) is 52.3 Å². The molecule has 1 unspecified atom stereocenters. The second-order valence-corrected chi connectivity index (χ2v) is 4.65. The molecular formula is C13H15Br. The predicted octanol–water partition coefficient (Wildman–Crippen LogP) is 4.05. The van der Waals surface area contributed by atoms with Crippen molar-refractivity contribution in [2.45, 2.75) is 19.3 Å². The maximum absolute atomic E-state index is 3.48. The van der Waals surface area contributed by atoms with Crippen molar-refractivity contribution in [3.8, 4) is 0 Å². The number of allylic oxidation sites excluding steroid dienone is 1. The summed E-state index contributed by atoms with van der Waals surface area (Å²) in [6.45, 7) is 0. The lowest BCUT2D eigenvalue weighted by atomic mass is 9.87. The van der Waals surface area contributed by atoms with Crippen LogP contribution in [0.3, 0.4) is 0 Å². The number of hydrogen-bond donors (Lipinski definition) is 0. The summed E-state index contributed by atoms with van der Waals surface area (Å²) in [4.78, 5) is 0. The van der Waals surface area contributed by atoms with Gasteiger partial charge in [0, 0.05) is 5.33 Å². The minimum atomic E-state index is 0.752. The predicted molar refractivity (Wildman–Crippen MR) is 65.7 cm³/mol. The minimum absolute atomic E-state index is 0.752. The molecule has 1 aromatic rings. The molecule has 74 valence electrons. The lowest BCUT2D eigenvalue weighted by molar-refractivity contribution is 0.578. The highest BCUT2D eigenvalue weighted by molar-refractivity contribution is 9.09. The van der Waals surface area contributed by atoms with E-state index in [9.17, 15) is 0 Å². The van der Waals surface area contributed by atoms with E-state index in [1.165, 1.54) is 30.4 Å². The van der Waals surface area contributed by atoms with Crippen LogP contribution >= 0.6 is 15.9 Å². The Balaban J connectivity index is 2.06. The zero-order chi connectivity index (χ0) is 9.80. The van der Waals surface area contributed by atoms with E-state index in [4.69, 9.17) is 0 Å². The lowest BCUT2D eigenvalue weighted by Gasteiger charge is -2.18. The Hall–Kier alpha value is -0.560. The summed E-state index contributed by atoms with van der Waals surface area (Å²) in [5.74, 6) is 0.752. The topological polar surface area (TPSA) is 0 Å². The number of hydrogen-bond acceptors (Lipinski definition) is 0. The highest BCUT2D eigenvalue weighted by Gasteiger charge is 2.12. The van der Waals surface area contributed by atoms with Gasteiger partial charge in [0.05, 0.1) is 0 Å². The molecular weight excluding hydrogens is 236 g/mol. The Morgan fingerprint density at radius 3 is 3.00 bits per heavy atom. The maximum atomic E-state index is 3.48. The quantitative estimate of drug-likeness (QED) is 0.711. The van der Waals surface area contributed by atoms with Crippen LogP contribution in [0.15, 0.2) is 30.3 Å². The van der Waals surface area contributed by atoms with Crippen molar-refractivity contribution >= 4 is 22.0 Å². The molecule has 0 radical (unpaired) electrons. The third-order valence-corrected chi connectivity index (χ3v) is 3.35. The van der Waals surface area contributed by atoms with Gasteiger partial charge in [0.25, 0.3) is 0 Å². The van der Waals surface area contributed by atoms with Gasteiger partial charge in [0.15, 0.2) is 0 Å². The van der Waals surface area contributed by atoms with Crippen molar-refractivity contribution in [1.82, 2.24) is 0 Å². The lowest BCUT2D eigenvalue weighted by Crippen LogP contribution is -2.06. The van der Waals surface area contributed by atoms with Crippen molar-refractivity contribution < 1.29 is 0 Å². The summed E-state index contributed by atoms with van der Waals surface area (Å²) in [7, 11) is 0. The van der Waals surface area contributed by atoms with E-state index in [-0.39, 0.29) is 0 Å². The van der Waals surface area contributed by atoms with Crippen LogP contribution in [0.5, 0.6) is 0 Å². The number of benzene rings is 1. The van der Waals surface area contributed by atoms with Crippen LogP contribution in [0.4, 0.5) is 0 Å². The molecule has 0 aliphatic heterocycles. The van der Waals surface area contributed by atoms with Gasteiger partial charge in [-0.2, -0.15) is 0 Å². The molecule has 1 aliphatic carbocycles. The van der Waals surface area contributed by atoms with Gasteiger partial charge in [-0.3, -0.25) is 0 Å². The molecule has 0 nitrogen and oxygen atoms in total. The average Bonchev–Trinajstić information content (AvgIpc) is 2.26. The first kappa shape index (κ1) is 9.97. The van der Waals surface area contributed by atoms with E-state index in [0.29, 0.717) is 0 Å². The molecule has 0 N–H and O–H groups in total. The smallest absolute Gasteiger partial charge is 0.00315 e. The highest BCUT2D eigenvalue weighted by Crippen LogP contribution is 2.25. The molecule has 0 aromatic heterocycles. The van der Waals surface area contributed by atoms with Gasteiger partial charge in [-0.05, 0) is 36.3 Å². The minimum Gasteiger partial charge on any atom is -0.0928 e. The Morgan fingerprint density at radius 2 is 2.14 bits per heavy atom. The zero-order valence-electron chi connectivity index (χ0n) is 8.25. The second kappa shape index (κ2) is 4.79. The van der Waals surface area contributed by atoms with E-state index in [1.807, 2.05) is 0 Å². The van der Waals surface area contributed by atoms with Gasteiger partial charge in [-0.25, -0.2) is 0 Å². The normalized spacial score (nSPS) is 19.4. The Bertz CT molecular complexity index is 328.